The zero-order valence-electron chi connectivity index (χ0n) is 12.4. The van der Waals surface area contributed by atoms with Gasteiger partial charge >= 0.3 is 0 Å². The summed E-state index contributed by atoms with van der Waals surface area (Å²) in [5.41, 5.74) is 3.26. The maximum absolute atomic E-state index is 10.6. The fraction of sp³-hybridized carbons (Fsp3) is 0.176. The van der Waals surface area contributed by atoms with Crippen molar-refractivity contribution in [3.05, 3.63) is 59.2 Å². The first-order valence-electron chi connectivity index (χ1n) is 6.71. The van der Waals surface area contributed by atoms with Crippen molar-refractivity contribution in [2.45, 2.75) is 13.8 Å². The molecule has 22 heavy (non-hydrogen) atoms. The van der Waals surface area contributed by atoms with E-state index in [4.69, 9.17) is 4.84 Å². The molecule has 0 spiro atoms. The maximum atomic E-state index is 10.6. The Balaban J connectivity index is 1.92. The largest absolute Gasteiger partial charge is 0.382 e. The van der Waals surface area contributed by atoms with Crippen LogP contribution in [0.25, 0.3) is 0 Å². The van der Waals surface area contributed by atoms with Crippen LogP contribution < -0.4 is 0 Å². The number of aryl methyl sites for hydroxylation is 1. The van der Waals surface area contributed by atoms with Gasteiger partial charge in [0.15, 0.2) is 12.9 Å². The average Bonchev–Trinajstić information content (AvgIpc) is 2.54. The van der Waals surface area contributed by atoms with E-state index < -0.39 is 0 Å². The molecule has 2 heterocycles. The van der Waals surface area contributed by atoms with Gasteiger partial charge in [0.05, 0.1) is 5.69 Å². The van der Waals surface area contributed by atoms with Gasteiger partial charge in [0.25, 0.3) is 0 Å². The molecule has 2 rings (SSSR count). The summed E-state index contributed by atoms with van der Waals surface area (Å²) in [6.45, 7) is 3.88. The van der Waals surface area contributed by atoms with Crippen LogP contribution >= 0.6 is 0 Å². The molecule has 2 aromatic heterocycles. The van der Waals surface area contributed by atoms with Gasteiger partial charge < -0.3 is 4.84 Å². The number of hydrogen-bond acceptors (Lipinski definition) is 5. The van der Waals surface area contributed by atoms with E-state index in [2.05, 4.69) is 27.0 Å². The molecule has 110 valence electrons. The molecule has 0 atom stereocenters. The molecular weight excluding hydrogens is 278 g/mol. The molecule has 0 bridgehead atoms. The molecule has 5 nitrogen and oxygen atoms in total. The third-order valence-corrected chi connectivity index (χ3v) is 2.71. The molecule has 0 fully saturated rings. The van der Waals surface area contributed by atoms with Crippen LogP contribution in [0.2, 0.25) is 0 Å². The van der Waals surface area contributed by atoms with Gasteiger partial charge in [-0.15, -0.1) is 0 Å². The Hall–Kier alpha value is -3.00. The van der Waals surface area contributed by atoms with Gasteiger partial charge in [-0.25, -0.2) is 4.98 Å². The Morgan fingerprint density at radius 2 is 2.09 bits per heavy atom. The van der Waals surface area contributed by atoms with Crippen molar-refractivity contribution in [3.8, 4) is 11.8 Å². The highest BCUT2D eigenvalue weighted by Gasteiger charge is 1.99. The van der Waals surface area contributed by atoms with Crippen LogP contribution in [0.3, 0.4) is 0 Å². The molecule has 0 unspecified atom stereocenters. The lowest BCUT2D eigenvalue weighted by Gasteiger charge is -2.00. The molecule has 0 saturated carbocycles. The lowest BCUT2D eigenvalue weighted by Crippen LogP contribution is -2.00. The summed E-state index contributed by atoms with van der Waals surface area (Å²) in [5, 5.41) is 3.98. The standard InChI is InChI=1S/C17H15N3O2/c1-13-6-3-10-17(18-13)14(2)20-22-11-5-9-15-7-4-8-16(12-21)19-15/h3-4,6-8,10,12H,11H2,1-2H3. The van der Waals surface area contributed by atoms with Crippen molar-refractivity contribution in [1.82, 2.24) is 9.97 Å². The summed E-state index contributed by atoms with van der Waals surface area (Å²) >= 11 is 0. The second-order valence-electron chi connectivity index (χ2n) is 4.48. The van der Waals surface area contributed by atoms with E-state index in [0.29, 0.717) is 23.4 Å². The molecule has 0 aliphatic rings. The minimum Gasteiger partial charge on any atom is -0.382 e. The third kappa shape index (κ3) is 4.53. The number of aromatic nitrogens is 2. The minimum atomic E-state index is 0.135. The fourth-order valence-electron chi connectivity index (χ4n) is 1.67. The predicted molar refractivity (Wildman–Crippen MR) is 83.6 cm³/mol. The Morgan fingerprint density at radius 1 is 1.27 bits per heavy atom. The van der Waals surface area contributed by atoms with Crippen LogP contribution in [0.5, 0.6) is 0 Å². The summed E-state index contributed by atoms with van der Waals surface area (Å²) in [6.07, 6.45) is 0.685. The molecule has 0 saturated heterocycles. The Kier molecular flexibility index (Phi) is 5.38. The quantitative estimate of drug-likeness (QED) is 0.285. The van der Waals surface area contributed by atoms with Crippen molar-refractivity contribution < 1.29 is 9.63 Å². The molecule has 0 aliphatic heterocycles. The summed E-state index contributed by atoms with van der Waals surface area (Å²) < 4.78 is 0. The SMILES string of the molecule is CC(=NOCC#Cc1cccc(C=O)n1)c1cccc(C)n1. The summed E-state index contributed by atoms with van der Waals surface area (Å²) in [6, 6.07) is 10.8. The van der Waals surface area contributed by atoms with E-state index in [-0.39, 0.29) is 6.61 Å². The van der Waals surface area contributed by atoms with Gasteiger partial charge in [-0.3, -0.25) is 9.78 Å². The second kappa shape index (κ2) is 7.70. The first kappa shape index (κ1) is 15.4. The van der Waals surface area contributed by atoms with Crippen molar-refractivity contribution in [2.75, 3.05) is 6.61 Å². The van der Waals surface area contributed by atoms with E-state index in [1.807, 2.05) is 32.0 Å². The molecule has 0 radical (unpaired) electrons. The van der Waals surface area contributed by atoms with Crippen molar-refractivity contribution in [1.29, 1.82) is 0 Å². The van der Waals surface area contributed by atoms with Crippen molar-refractivity contribution in [3.63, 3.8) is 0 Å². The van der Waals surface area contributed by atoms with Crippen LogP contribution in [0.1, 0.15) is 34.5 Å². The van der Waals surface area contributed by atoms with E-state index in [9.17, 15) is 4.79 Å². The molecular formula is C17H15N3O2. The average molecular weight is 293 g/mol. The van der Waals surface area contributed by atoms with Gasteiger partial charge in [0, 0.05) is 5.69 Å². The van der Waals surface area contributed by atoms with Gasteiger partial charge in [-0.2, -0.15) is 0 Å². The maximum Gasteiger partial charge on any atom is 0.177 e. The summed E-state index contributed by atoms with van der Waals surface area (Å²) in [4.78, 5) is 24.1. The number of carbonyl (C=O) groups is 1. The van der Waals surface area contributed by atoms with E-state index in [0.717, 1.165) is 11.4 Å². The van der Waals surface area contributed by atoms with Crippen LogP contribution in [-0.2, 0) is 4.84 Å². The van der Waals surface area contributed by atoms with Crippen molar-refractivity contribution >= 4 is 12.0 Å². The Labute approximate surface area is 129 Å². The van der Waals surface area contributed by atoms with Gasteiger partial charge in [0.1, 0.15) is 17.1 Å². The lowest BCUT2D eigenvalue weighted by atomic mass is 10.2. The number of aldehydes is 1. The number of nitrogens with zero attached hydrogens (tertiary/aromatic N) is 3. The van der Waals surface area contributed by atoms with Gasteiger partial charge in [-0.05, 0) is 44.0 Å². The zero-order chi connectivity index (χ0) is 15.8. The summed E-state index contributed by atoms with van der Waals surface area (Å²) in [5.74, 6) is 5.61. The minimum absolute atomic E-state index is 0.135. The number of carbonyl (C=O) groups excluding carboxylic acids is 1. The molecule has 5 heteroatoms. The Bertz CT molecular complexity index is 758. The highest BCUT2D eigenvalue weighted by molar-refractivity contribution is 5.96. The van der Waals surface area contributed by atoms with E-state index in [1.165, 1.54) is 0 Å². The first-order valence-corrected chi connectivity index (χ1v) is 6.71. The highest BCUT2D eigenvalue weighted by atomic mass is 16.6. The molecule has 2 aromatic rings. The van der Waals surface area contributed by atoms with Crippen LogP contribution in [0.4, 0.5) is 0 Å². The second-order valence-corrected chi connectivity index (χ2v) is 4.48. The van der Waals surface area contributed by atoms with Crippen LogP contribution in [0, 0.1) is 18.8 Å². The molecule has 0 N–H and O–H groups in total. The fourth-order valence-corrected chi connectivity index (χ4v) is 1.67. The van der Waals surface area contributed by atoms with Crippen molar-refractivity contribution in [2.24, 2.45) is 5.16 Å². The molecule has 0 aromatic carbocycles. The monoisotopic (exact) mass is 293 g/mol. The number of rotatable bonds is 4. The number of pyridine rings is 2. The number of hydrogen-bond donors (Lipinski definition) is 0. The van der Waals surface area contributed by atoms with Crippen LogP contribution in [-0.4, -0.2) is 28.6 Å². The van der Waals surface area contributed by atoms with E-state index >= 15 is 0 Å². The Morgan fingerprint density at radius 3 is 2.86 bits per heavy atom. The first-order chi connectivity index (χ1) is 10.7. The van der Waals surface area contributed by atoms with Gasteiger partial charge in [0.2, 0.25) is 0 Å². The topological polar surface area (TPSA) is 64.4 Å². The van der Waals surface area contributed by atoms with Crippen LogP contribution in [0.15, 0.2) is 41.6 Å². The van der Waals surface area contributed by atoms with E-state index in [1.54, 1.807) is 18.2 Å². The highest BCUT2D eigenvalue weighted by Crippen LogP contribution is 2.00. The van der Waals surface area contributed by atoms with Gasteiger partial charge in [-0.1, -0.05) is 23.2 Å². The third-order valence-electron chi connectivity index (χ3n) is 2.71. The predicted octanol–water partition coefficient (Wildman–Crippen LogP) is 2.39. The lowest BCUT2D eigenvalue weighted by molar-refractivity contribution is 0.111. The number of oxime groups is 1. The summed E-state index contributed by atoms with van der Waals surface area (Å²) in [7, 11) is 0. The molecule has 0 aliphatic carbocycles. The zero-order valence-corrected chi connectivity index (χ0v) is 12.4. The smallest absolute Gasteiger partial charge is 0.177 e. The molecule has 0 amide bonds. The normalized spacial score (nSPS) is 10.5.